The Hall–Kier alpha value is -3.51. The SMILES string of the molecule is CC(C)(C)c1cc2nc(-c3ccccc3)cc(C(=O)NC3CCN(Cc4ccccc4)CC3)n2n1. The minimum Gasteiger partial charge on any atom is -0.348 e. The van der Waals surface area contributed by atoms with E-state index in [9.17, 15) is 4.79 Å². The molecule has 0 aliphatic carbocycles. The molecule has 1 amide bonds. The molecule has 0 radical (unpaired) electrons. The smallest absolute Gasteiger partial charge is 0.270 e. The molecule has 1 fully saturated rings. The molecule has 5 rings (SSSR count). The van der Waals surface area contributed by atoms with E-state index in [1.165, 1.54) is 5.56 Å². The summed E-state index contributed by atoms with van der Waals surface area (Å²) in [5, 5.41) is 8.06. The predicted molar refractivity (Wildman–Crippen MR) is 139 cm³/mol. The fourth-order valence-electron chi connectivity index (χ4n) is 4.60. The van der Waals surface area contributed by atoms with Crippen molar-refractivity contribution < 1.29 is 4.79 Å². The van der Waals surface area contributed by atoms with Gasteiger partial charge in [-0.15, -0.1) is 0 Å². The van der Waals surface area contributed by atoms with Crippen LogP contribution in [0.4, 0.5) is 0 Å². The summed E-state index contributed by atoms with van der Waals surface area (Å²) >= 11 is 0. The molecule has 1 saturated heterocycles. The van der Waals surface area contributed by atoms with E-state index < -0.39 is 0 Å². The van der Waals surface area contributed by atoms with E-state index in [1.54, 1.807) is 4.52 Å². The monoisotopic (exact) mass is 467 g/mol. The lowest BCUT2D eigenvalue weighted by Gasteiger charge is -2.32. The van der Waals surface area contributed by atoms with Crippen molar-refractivity contribution in [3.8, 4) is 11.3 Å². The highest BCUT2D eigenvalue weighted by Gasteiger charge is 2.25. The number of carbonyl (C=O) groups is 1. The molecule has 2 aromatic heterocycles. The molecule has 180 valence electrons. The fraction of sp³-hybridized carbons (Fsp3) is 0.345. The van der Waals surface area contributed by atoms with Crippen molar-refractivity contribution in [1.29, 1.82) is 0 Å². The predicted octanol–water partition coefficient (Wildman–Crippen LogP) is 5.09. The van der Waals surface area contributed by atoms with Gasteiger partial charge in [0.25, 0.3) is 5.91 Å². The molecule has 0 atom stereocenters. The van der Waals surface area contributed by atoms with Crippen LogP contribution in [0.5, 0.6) is 0 Å². The third-order valence-electron chi connectivity index (χ3n) is 6.67. The first-order valence-corrected chi connectivity index (χ1v) is 12.4. The second-order valence-electron chi connectivity index (χ2n) is 10.5. The van der Waals surface area contributed by atoms with E-state index in [4.69, 9.17) is 10.1 Å². The highest BCUT2D eigenvalue weighted by atomic mass is 16.2. The van der Waals surface area contributed by atoms with Gasteiger partial charge in [-0.1, -0.05) is 81.4 Å². The number of aromatic nitrogens is 3. The fourth-order valence-corrected chi connectivity index (χ4v) is 4.60. The van der Waals surface area contributed by atoms with Crippen molar-refractivity contribution >= 4 is 11.6 Å². The van der Waals surface area contributed by atoms with E-state index in [2.05, 4.69) is 61.3 Å². The van der Waals surface area contributed by atoms with Crippen LogP contribution in [0.25, 0.3) is 16.9 Å². The number of nitrogens with one attached hydrogen (secondary N) is 1. The Morgan fingerprint density at radius 3 is 2.29 bits per heavy atom. The van der Waals surface area contributed by atoms with Crippen molar-refractivity contribution in [2.75, 3.05) is 13.1 Å². The number of carbonyl (C=O) groups excluding carboxylic acids is 1. The molecule has 0 bridgehead atoms. The van der Waals surface area contributed by atoms with Gasteiger partial charge in [-0.2, -0.15) is 5.10 Å². The molecule has 2 aromatic carbocycles. The minimum absolute atomic E-state index is 0.0975. The number of amides is 1. The summed E-state index contributed by atoms with van der Waals surface area (Å²) in [5.41, 5.74) is 5.09. The van der Waals surface area contributed by atoms with E-state index in [0.29, 0.717) is 11.3 Å². The molecule has 1 aliphatic rings. The molecular formula is C29H33N5O. The van der Waals surface area contributed by atoms with Crippen molar-refractivity contribution in [2.24, 2.45) is 0 Å². The summed E-state index contributed by atoms with van der Waals surface area (Å²) in [6.07, 6.45) is 1.87. The van der Waals surface area contributed by atoms with Crippen LogP contribution in [0, 0.1) is 0 Å². The lowest BCUT2D eigenvalue weighted by molar-refractivity contribution is 0.0901. The molecule has 6 nitrogen and oxygen atoms in total. The van der Waals surface area contributed by atoms with Crippen LogP contribution in [-0.2, 0) is 12.0 Å². The maximum atomic E-state index is 13.5. The van der Waals surface area contributed by atoms with Crippen LogP contribution in [-0.4, -0.2) is 44.5 Å². The highest BCUT2D eigenvalue weighted by molar-refractivity contribution is 5.94. The van der Waals surface area contributed by atoms with Gasteiger partial charge in [0.15, 0.2) is 5.65 Å². The first kappa shape index (κ1) is 23.2. The van der Waals surface area contributed by atoms with E-state index in [0.717, 1.165) is 49.4 Å². The Morgan fingerprint density at radius 2 is 1.63 bits per heavy atom. The second-order valence-corrected chi connectivity index (χ2v) is 10.5. The molecule has 1 aliphatic heterocycles. The quantitative estimate of drug-likeness (QED) is 0.444. The van der Waals surface area contributed by atoms with Gasteiger partial charge < -0.3 is 5.32 Å². The van der Waals surface area contributed by atoms with Crippen LogP contribution < -0.4 is 5.32 Å². The standard InChI is InChI=1S/C29H33N5O/c1-29(2,3)26-19-27-31-24(22-12-8-5-9-13-22)18-25(34(27)32-26)28(35)30-23-14-16-33(17-15-23)20-21-10-6-4-7-11-21/h4-13,18-19,23H,14-17,20H2,1-3H3,(H,30,35). The van der Waals surface area contributed by atoms with Gasteiger partial charge in [-0.05, 0) is 24.5 Å². The number of likely N-dealkylation sites (tertiary alicyclic amines) is 1. The zero-order chi connectivity index (χ0) is 24.4. The maximum absolute atomic E-state index is 13.5. The first-order chi connectivity index (χ1) is 16.9. The Kier molecular flexibility index (Phi) is 6.39. The van der Waals surface area contributed by atoms with Gasteiger partial charge in [0, 0.05) is 42.7 Å². The van der Waals surface area contributed by atoms with E-state index in [-0.39, 0.29) is 17.4 Å². The maximum Gasteiger partial charge on any atom is 0.270 e. The van der Waals surface area contributed by atoms with Gasteiger partial charge in [0.1, 0.15) is 5.69 Å². The first-order valence-electron chi connectivity index (χ1n) is 12.4. The normalized spacial score (nSPS) is 15.4. The van der Waals surface area contributed by atoms with E-state index in [1.807, 2.05) is 42.5 Å². The van der Waals surface area contributed by atoms with Gasteiger partial charge in [-0.25, -0.2) is 9.50 Å². The Bertz CT molecular complexity index is 1300. The molecule has 6 heteroatoms. The summed E-state index contributed by atoms with van der Waals surface area (Å²) in [4.78, 5) is 20.8. The Labute approximate surface area is 207 Å². The number of rotatable bonds is 5. The number of hydrogen-bond donors (Lipinski definition) is 1. The van der Waals surface area contributed by atoms with Crippen molar-refractivity contribution in [1.82, 2.24) is 24.8 Å². The Morgan fingerprint density at radius 1 is 0.971 bits per heavy atom. The molecule has 0 saturated carbocycles. The van der Waals surface area contributed by atoms with Gasteiger partial charge >= 0.3 is 0 Å². The summed E-state index contributed by atoms with van der Waals surface area (Å²) < 4.78 is 1.70. The highest BCUT2D eigenvalue weighted by Crippen LogP contribution is 2.25. The van der Waals surface area contributed by atoms with Crippen LogP contribution in [0.3, 0.4) is 0 Å². The molecular weight excluding hydrogens is 434 g/mol. The van der Waals surface area contributed by atoms with Gasteiger partial charge in [0.2, 0.25) is 0 Å². The number of benzene rings is 2. The van der Waals surface area contributed by atoms with Crippen LogP contribution in [0.1, 0.15) is 55.4 Å². The van der Waals surface area contributed by atoms with Gasteiger partial charge in [-0.3, -0.25) is 9.69 Å². The lowest BCUT2D eigenvalue weighted by atomic mass is 9.93. The van der Waals surface area contributed by atoms with Gasteiger partial charge in [0.05, 0.1) is 11.4 Å². The van der Waals surface area contributed by atoms with E-state index >= 15 is 0 Å². The van der Waals surface area contributed by atoms with Crippen molar-refractivity contribution in [2.45, 2.75) is 51.6 Å². The second kappa shape index (κ2) is 9.62. The summed E-state index contributed by atoms with van der Waals surface area (Å²) in [7, 11) is 0. The van der Waals surface area contributed by atoms with Crippen LogP contribution in [0.2, 0.25) is 0 Å². The lowest BCUT2D eigenvalue weighted by Crippen LogP contribution is -2.44. The van der Waals surface area contributed by atoms with Crippen LogP contribution >= 0.6 is 0 Å². The summed E-state index contributed by atoms with van der Waals surface area (Å²) in [6, 6.07) is 24.6. The summed E-state index contributed by atoms with van der Waals surface area (Å²) in [6.45, 7) is 9.25. The summed E-state index contributed by atoms with van der Waals surface area (Å²) in [5.74, 6) is -0.0975. The third kappa shape index (κ3) is 5.28. The largest absolute Gasteiger partial charge is 0.348 e. The molecule has 4 aromatic rings. The zero-order valence-corrected chi connectivity index (χ0v) is 20.7. The zero-order valence-electron chi connectivity index (χ0n) is 20.7. The number of nitrogens with zero attached hydrogens (tertiary/aromatic N) is 4. The number of piperidine rings is 1. The minimum atomic E-state index is -0.139. The number of hydrogen-bond acceptors (Lipinski definition) is 4. The van der Waals surface area contributed by atoms with Crippen molar-refractivity contribution in [3.05, 3.63) is 89.7 Å². The average Bonchev–Trinajstić information content (AvgIpc) is 3.31. The number of fused-ring (bicyclic) bond motifs is 1. The molecule has 1 N–H and O–H groups in total. The molecule has 0 spiro atoms. The topological polar surface area (TPSA) is 62.5 Å². The molecule has 0 unspecified atom stereocenters. The Balaban J connectivity index is 1.36. The van der Waals surface area contributed by atoms with Crippen LogP contribution in [0.15, 0.2) is 72.8 Å². The molecule has 35 heavy (non-hydrogen) atoms. The molecule has 3 heterocycles. The third-order valence-corrected chi connectivity index (χ3v) is 6.67. The average molecular weight is 468 g/mol. The van der Waals surface area contributed by atoms with Crippen molar-refractivity contribution in [3.63, 3.8) is 0 Å².